The van der Waals surface area contributed by atoms with Gasteiger partial charge in [0, 0.05) is 13.0 Å². The molecule has 1 unspecified atom stereocenters. The van der Waals surface area contributed by atoms with Gasteiger partial charge in [-0.05, 0) is 0 Å². The van der Waals surface area contributed by atoms with Crippen LogP contribution in [0.2, 0.25) is 0 Å². The highest BCUT2D eigenvalue weighted by Crippen LogP contribution is 2.09. The molecule has 1 rings (SSSR count). The number of hydrogen-bond donors (Lipinski definition) is 2. The topological polar surface area (TPSA) is 77.8 Å². The Bertz CT molecular complexity index is 178. The van der Waals surface area contributed by atoms with Crippen molar-refractivity contribution >= 4 is 11.8 Å². The molecule has 1 aliphatic rings. The zero-order valence-electron chi connectivity index (χ0n) is 5.15. The highest BCUT2D eigenvalue weighted by Gasteiger charge is 2.37. The Balaban J connectivity index is 2.72. The minimum absolute atomic E-state index is 0.119. The third-order valence-electron chi connectivity index (χ3n) is 1.42. The molecule has 0 saturated carbocycles. The molecule has 0 amide bonds. The van der Waals surface area contributed by atoms with Gasteiger partial charge in [0.1, 0.15) is 0 Å². The minimum atomic E-state index is -1.33. The maximum absolute atomic E-state index is 10.6. The number of carbonyl (C=O) groups excluding carboxylic acids is 1. The Morgan fingerprint density at radius 1 is 1.70 bits per heavy atom. The molecule has 0 aliphatic carbocycles. The molecule has 1 atom stereocenters. The summed E-state index contributed by atoms with van der Waals surface area (Å²) in [6.07, 6.45) is 0.119. The molecule has 1 heterocycles. The lowest BCUT2D eigenvalue weighted by molar-refractivity contribution is -0.163. The molecule has 56 valence electrons. The third kappa shape index (κ3) is 1.01. The summed E-state index contributed by atoms with van der Waals surface area (Å²) in [5.41, 5.74) is 0. The van der Waals surface area contributed by atoms with Crippen LogP contribution >= 0.6 is 0 Å². The fourth-order valence-electron chi connectivity index (χ4n) is 0.922. The first kappa shape index (κ1) is 7.17. The average Bonchev–Trinajstić information content (AvgIpc) is 2.11. The average molecular weight is 145 g/mol. The van der Waals surface area contributed by atoms with Crippen LogP contribution in [-0.4, -0.2) is 39.7 Å². The second-order valence-corrected chi connectivity index (χ2v) is 2.12. The highest BCUT2D eigenvalue weighted by molar-refractivity contribution is 6.03. The molecule has 0 aromatic carbocycles. The normalized spacial score (nSPS) is 27.3. The molecule has 0 aromatic heterocycles. The van der Waals surface area contributed by atoms with Crippen molar-refractivity contribution in [2.24, 2.45) is 0 Å². The van der Waals surface area contributed by atoms with Crippen LogP contribution in [0.4, 0.5) is 0 Å². The molecular formula is C5H7NO4. The molecule has 5 nitrogen and oxygen atoms in total. The van der Waals surface area contributed by atoms with E-state index < -0.39 is 17.8 Å². The van der Waals surface area contributed by atoms with Crippen molar-refractivity contribution in [3.63, 3.8) is 0 Å². The second kappa shape index (κ2) is 2.36. The van der Waals surface area contributed by atoms with Gasteiger partial charge in [-0.1, -0.05) is 0 Å². The molecule has 5 heteroatoms. The summed E-state index contributed by atoms with van der Waals surface area (Å²) in [7, 11) is 0. The molecule has 2 N–H and O–H groups in total. The number of hydrogen-bond acceptors (Lipinski definition) is 4. The summed E-state index contributed by atoms with van der Waals surface area (Å²) in [5, 5.41) is 17.6. The lowest BCUT2D eigenvalue weighted by atomic mass is 10.2. The van der Waals surface area contributed by atoms with Gasteiger partial charge in [0.05, 0.1) is 0 Å². The predicted molar refractivity (Wildman–Crippen MR) is 29.5 cm³/mol. The van der Waals surface area contributed by atoms with Gasteiger partial charge in [0.25, 0.3) is 0 Å². The standard InChI is InChI=1S/C5H7NO4/c7-3-1-2-6(10)4(3)5(8)9/h4,10H,1-2H2,(H,8,9). The van der Waals surface area contributed by atoms with Crippen molar-refractivity contribution in [2.45, 2.75) is 12.5 Å². The predicted octanol–water partition coefficient (Wildman–Crippen LogP) is -0.896. The van der Waals surface area contributed by atoms with Crippen LogP contribution in [0.5, 0.6) is 0 Å². The Morgan fingerprint density at radius 2 is 2.30 bits per heavy atom. The van der Waals surface area contributed by atoms with Crippen LogP contribution in [-0.2, 0) is 9.59 Å². The van der Waals surface area contributed by atoms with E-state index in [2.05, 4.69) is 0 Å². The molecule has 1 saturated heterocycles. The molecular weight excluding hydrogens is 138 g/mol. The first-order valence-electron chi connectivity index (χ1n) is 2.84. The molecule has 0 radical (unpaired) electrons. The molecule has 1 aliphatic heterocycles. The Kier molecular flexibility index (Phi) is 1.69. The van der Waals surface area contributed by atoms with Crippen molar-refractivity contribution in [1.82, 2.24) is 5.06 Å². The van der Waals surface area contributed by atoms with Crippen LogP contribution in [0.1, 0.15) is 6.42 Å². The number of carboxylic acids is 1. The van der Waals surface area contributed by atoms with Gasteiger partial charge < -0.3 is 10.3 Å². The first-order valence-corrected chi connectivity index (χ1v) is 2.84. The van der Waals surface area contributed by atoms with Crippen molar-refractivity contribution in [3.05, 3.63) is 0 Å². The van der Waals surface area contributed by atoms with Crippen LogP contribution in [0.15, 0.2) is 0 Å². The van der Waals surface area contributed by atoms with E-state index in [-0.39, 0.29) is 13.0 Å². The lowest BCUT2D eigenvalue weighted by Gasteiger charge is -2.09. The van der Waals surface area contributed by atoms with E-state index in [0.29, 0.717) is 5.06 Å². The van der Waals surface area contributed by atoms with Gasteiger partial charge in [-0.2, -0.15) is 5.06 Å². The lowest BCUT2D eigenvalue weighted by Crippen LogP contribution is -2.37. The highest BCUT2D eigenvalue weighted by atomic mass is 16.5. The Morgan fingerprint density at radius 3 is 2.50 bits per heavy atom. The summed E-state index contributed by atoms with van der Waals surface area (Å²) in [5.74, 6) is -1.72. The van der Waals surface area contributed by atoms with Crippen molar-refractivity contribution in [1.29, 1.82) is 0 Å². The van der Waals surface area contributed by atoms with Crippen molar-refractivity contribution in [2.75, 3.05) is 6.54 Å². The third-order valence-corrected chi connectivity index (χ3v) is 1.42. The fraction of sp³-hybridized carbons (Fsp3) is 0.600. The summed E-state index contributed by atoms with van der Waals surface area (Å²) >= 11 is 0. The van der Waals surface area contributed by atoms with Crippen molar-refractivity contribution < 1.29 is 19.9 Å². The van der Waals surface area contributed by atoms with E-state index in [1.54, 1.807) is 0 Å². The fourth-order valence-corrected chi connectivity index (χ4v) is 0.922. The molecule has 10 heavy (non-hydrogen) atoms. The van der Waals surface area contributed by atoms with E-state index >= 15 is 0 Å². The quantitative estimate of drug-likeness (QED) is 0.468. The van der Waals surface area contributed by atoms with Crippen LogP contribution in [0.25, 0.3) is 0 Å². The van der Waals surface area contributed by atoms with Gasteiger partial charge >= 0.3 is 5.97 Å². The largest absolute Gasteiger partial charge is 0.480 e. The number of aliphatic carboxylic acids is 1. The number of hydroxylamine groups is 2. The summed E-state index contributed by atoms with van der Waals surface area (Å²) in [6, 6.07) is -1.33. The monoisotopic (exact) mass is 145 g/mol. The van der Waals surface area contributed by atoms with Gasteiger partial charge in [-0.15, -0.1) is 0 Å². The van der Waals surface area contributed by atoms with E-state index in [4.69, 9.17) is 10.3 Å². The maximum atomic E-state index is 10.6. The smallest absolute Gasteiger partial charge is 0.331 e. The number of ketones is 1. The van der Waals surface area contributed by atoms with Crippen LogP contribution < -0.4 is 0 Å². The summed E-state index contributed by atoms with van der Waals surface area (Å²) in [4.78, 5) is 20.8. The van der Waals surface area contributed by atoms with E-state index in [9.17, 15) is 9.59 Å². The zero-order chi connectivity index (χ0) is 7.72. The van der Waals surface area contributed by atoms with Gasteiger partial charge in [-0.25, -0.2) is 4.79 Å². The van der Waals surface area contributed by atoms with E-state index in [1.165, 1.54) is 0 Å². The molecule has 0 aromatic rings. The minimum Gasteiger partial charge on any atom is -0.480 e. The Labute approximate surface area is 56.8 Å². The number of carbonyl (C=O) groups is 2. The van der Waals surface area contributed by atoms with Crippen LogP contribution in [0.3, 0.4) is 0 Å². The number of rotatable bonds is 1. The van der Waals surface area contributed by atoms with E-state index in [0.717, 1.165) is 0 Å². The van der Waals surface area contributed by atoms with Crippen molar-refractivity contribution in [3.8, 4) is 0 Å². The second-order valence-electron chi connectivity index (χ2n) is 2.12. The molecule has 1 fully saturated rings. The summed E-state index contributed by atoms with van der Waals surface area (Å²) in [6.45, 7) is 0.121. The number of nitrogens with zero attached hydrogens (tertiary/aromatic N) is 1. The Hall–Kier alpha value is -0.940. The SMILES string of the molecule is O=C(O)C1C(=O)CCN1O. The zero-order valence-corrected chi connectivity index (χ0v) is 5.15. The van der Waals surface area contributed by atoms with E-state index in [1.807, 2.05) is 0 Å². The van der Waals surface area contributed by atoms with Crippen LogP contribution in [0, 0.1) is 0 Å². The number of Topliss-reactive ketones (excluding diaryl/α,β-unsaturated/α-hetero) is 1. The van der Waals surface area contributed by atoms with Gasteiger partial charge in [-0.3, -0.25) is 4.79 Å². The molecule has 0 bridgehead atoms. The maximum Gasteiger partial charge on any atom is 0.331 e. The molecule has 0 spiro atoms. The van der Waals surface area contributed by atoms with Gasteiger partial charge in [0.15, 0.2) is 11.8 Å². The number of carboxylic acid groups (broad SMARTS) is 1. The van der Waals surface area contributed by atoms with Gasteiger partial charge in [0.2, 0.25) is 0 Å². The summed E-state index contributed by atoms with van der Waals surface area (Å²) < 4.78 is 0. The first-order chi connectivity index (χ1) is 4.63.